The number of rotatable bonds is 5. The zero-order valence-corrected chi connectivity index (χ0v) is 18.0. The van der Waals surface area contributed by atoms with Gasteiger partial charge in [-0.1, -0.05) is 29.8 Å². The molecule has 1 aliphatic heterocycles. The van der Waals surface area contributed by atoms with Crippen molar-refractivity contribution in [2.45, 2.75) is 31.7 Å². The number of amides is 1. The summed E-state index contributed by atoms with van der Waals surface area (Å²) in [4.78, 5) is 24.0. The minimum absolute atomic E-state index is 0.0381. The van der Waals surface area contributed by atoms with Gasteiger partial charge in [-0.3, -0.25) is 9.69 Å². The number of fused-ring (bicyclic) bond motifs is 1. The molecule has 158 valence electrons. The molecule has 6 rings (SSSR count). The van der Waals surface area contributed by atoms with Crippen LogP contribution < -0.4 is 4.90 Å². The molecule has 0 radical (unpaired) electrons. The van der Waals surface area contributed by atoms with E-state index >= 15 is 0 Å². The summed E-state index contributed by atoms with van der Waals surface area (Å²) < 4.78 is 1.81. The highest BCUT2D eigenvalue weighted by atomic mass is 35.5. The van der Waals surface area contributed by atoms with E-state index in [1.807, 2.05) is 53.3 Å². The summed E-state index contributed by atoms with van der Waals surface area (Å²) in [6.45, 7) is 0.465. The van der Waals surface area contributed by atoms with Gasteiger partial charge in [-0.2, -0.15) is 5.10 Å². The molecule has 1 aliphatic carbocycles. The molecule has 7 heteroatoms. The largest absolute Gasteiger partial charge is 0.292 e. The molecule has 2 aromatic heterocycles. The van der Waals surface area contributed by atoms with Crippen LogP contribution in [0.25, 0.3) is 17.1 Å². The van der Waals surface area contributed by atoms with Crippen LogP contribution >= 0.6 is 11.6 Å². The van der Waals surface area contributed by atoms with Gasteiger partial charge in [0.25, 0.3) is 0 Å². The monoisotopic (exact) mass is 441 g/mol. The van der Waals surface area contributed by atoms with Gasteiger partial charge in [-0.15, -0.1) is 0 Å². The summed E-state index contributed by atoms with van der Waals surface area (Å²) in [6.07, 6.45) is 8.12. The Kier molecular flexibility index (Phi) is 4.54. The minimum Gasteiger partial charge on any atom is -0.292 e. The van der Waals surface area contributed by atoms with Crippen LogP contribution in [0.1, 0.15) is 35.4 Å². The average Bonchev–Trinajstić information content (AvgIpc) is 3.41. The Morgan fingerprint density at radius 1 is 1.09 bits per heavy atom. The molecule has 2 aromatic carbocycles. The van der Waals surface area contributed by atoms with Gasteiger partial charge >= 0.3 is 0 Å². The molecule has 0 bridgehead atoms. The van der Waals surface area contributed by atoms with Crippen molar-refractivity contribution in [3.63, 3.8) is 0 Å². The van der Waals surface area contributed by atoms with Gasteiger partial charge in [-0.25, -0.2) is 14.6 Å². The molecule has 0 spiro atoms. The Morgan fingerprint density at radius 3 is 2.69 bits per heavy atom. The molecule has 3 heterocycles. The van der Waals surface area contributed by atoms with Crippen molar-refractivity contribution in [1.82, 2.24) is 19.7 Å². The van der Waals surface area contributed by atoms with Gasteiger partial charge in [0.2, 0.25) is 5.91 Å². The maximum atomic E-state index is 12.8. The fraction of sp³-hybridized carbons (Fsp3) is 0.200. The molecule has 2 aliphatic rings. The van der Waals surface area contributed by atoms with Gasteiger partial charge in [0.15, 0.2) is 5.82 Å². The number of benzene rings is 2. The van der Waals surface area contributed by atoms with Crippen LogP contribution in [-0.4, -0.2) is 25.7 Å². The highest BCUT2D eigenvalue weighted by Crippen LogP contribution is 2.45. The predicted octanol–water partition coefficient (Wildman–Crippen LogP) is 4.95. The van der Waals surface area contributed by atoms with Crippen molar-refractivity contribution in [1.29, 1.82) is 0 Å². The Morgan fingerprint density at radius 2 is 1.94 bits per heavy atom. The lowest BCUT2D eigenvalue weighted by molar-refractivity contribution is -0.117. The van der Waals surface area contributed by atoms with Gasteiger partial charge in [-0.05, 0) is 60.2 Å². The average molecular weight is 442 g/mol. The molecule has 0 saturated heterocycles. The number of halogens is 1. The number of anilines is 1. The van der Waals surface area contributed by atoms with Crippen LogP contribution in [0.4, 0.5) is 5.82 Å². The van der Waals surface area contributed by atoms with E-state index in [-0.39, 0.29) is 5.91 Å². The molecule has 0 atom stereocenters. The van der Waals surface area contributed by atoms with Crippen molar-refractivity contribution in [2.24, 2.45) is 0 Å². The molecule has 1 amide bonds. The van der Waals surface area contributed by atoms with E-state index in [4.69, 9.17) is 16.6 Å². The zero-order valence-electron chi connectivity index (χ0n) is 17.3. The first-order valence-corrected chi connectivity index (χ1v) is 11.1. The van der Waals surface area contributed by atoms with E-state index in [1.54, 1.807) is 17.3 Å². The van der Waals surface area contributed by atoms with E-state index in [0.717, 1.165) is 22.4 Å². The first-order valence-electron chi connectivity index (χ1n) is 10.7. The molecular weight excluding hydrogens is 422 g/mol. The molecule has 1 fully saturated rings. The second-order valence-electron chi connectivity index (χ2n) is 8.32. The number of carbonyl (C=O) groups excluding carboxylic acids is 1. The molecule has 6 nitrogen and oxygen atoms in total. The predicted molar refractivity (Wildman–Crippen MR) is 123 cm³/mol. The maximum absolute atomic E-state index is 12.8. The fourth-order valence-corrected chi connectivity index (χ4v) is 4.43. The summed E-state index contributed by atoms with van der Waals surface area (Å²) in [7, 11) is 0. The van der Waals surface area contributed by atoms with Crippen LogP contribution in [0.2, 0.25) is 5.02 Å². The topological polar surface area (TPSA) is 63.9 Å². The van der Waals surface area contributed by atoms with E-state index < -0.39 is 0 Å². The van der Waals surface area contributed by atoms with Gasteiger partial charge < -0.3 is 0 Å². The van der Waals surface area contributed by atoms with E-state index in [0.29, 0.717) is 35.5 Å². The number of hydrogen-bond acceptors (Lipinski definition) is 4. The Balaban J connectivity index is 1.32. The Labute approximate surface area is 190 Å². The molecule has 32 heavy (non-hydrogen) atoms. The standard InChI is InChI=1S/C25H20ClN5O/c26-19-6-9-21(17-4-5-17)22(13-19)24-27-14-18-12-23(32)30(25(18)29-24)15-16-2-7-20(8-3-16)31-11-1-10-28-31/h1-3,6-11,13-14,17H,4-5,12,15H2. The number of carbonyl (C=O) groups is 1. The van der Waals surface area contributed by atoms with Crippen molar-refractivity contribution >= 4 is 23.3 Å². The molecular formula is C25H20ClN5O. The van der Waals surface area contributed by atoms with Gasteiger partial charge in [0.05, 0.1) is 18.7 Å². The third-order valence-electron chi connectivity index (χ3n) is 6.06. The second-order valence-corrected chi connectivity index (χ2v) is 8.76. The lowest BCUT2D eigenvalue weighted by Crippen LogP contribution is -2.26. The van der Waals surface area contributed by atoms with Crippen molar-refractivity contribution in [2.75, 3.05) is 4.90 Å². The van der Waals surface area contributed by atoms with Crippen LogP contribution in [0.5, 0.6) is 0 Å². The third kappa shape index (κ3) is 3.46. The van der Waals surface area contributed by atoms with Crippen LogP contribution in [0, 0.1) is 0 Å². The normalized spacial score (nSPS) is 15.3. The van der Waals surface area contributed by atoms with E-state index in [1.165, 1.54) is 18.4 Å². The number of hydrogen-bond donors (Lipinski definition) is 0. The molecule has 0 N–H and O–H groups in total. The van der Waals surface area contributed by atoms with E-state index in [9.17, 15) is 4.79 Å². The van der Waals surface area contributed by atoms with Crippen LogP contribution in [0.3, 0.4) is 0 Å². The molecule has 0 unspecified atom stereocenters. The van der Waals surface area contributed by atoms with Crippen molar-refractivity contribution in [3.05, 3.63) is 88.8 Å². The minimum atomic E-state index is 0.0381. The highest BCUT2D eigenvalue weighted by molar-refractivity contribution is 6.30. The Hall–Kier alpha value is -3.51. The lowest BCUT2D eigenvalue weighted by Gasteiger charge is -2.18. The zero-order chi connectivity index (χ0) is 21.7. The summed E-state index contributed by atoms with van der Waals surface area (Å²) in [5.74, 6) is 1.90. The number of aromatic nitrogens is 4. The maximum Gasteiger partial charge on any atom is 0.233 e. The fourth-order valence-electron chi connectivity index (χ4n) is 4.26. The lowest BCUT2D eigenvalue weighted by atomic mass is 10.0. The third-order valence-corrected chi connectivity index (χ3v) is 6.29. The quantitative estimate of drug-likeness (QED) is 0.439. The summed E-state index contributed by atoms with van der Waals surface area (Å²) >= 11 is 6.29. The summed E-state index contributed by atoms with van der Waals surface area (Å²) in [5, 5.41) is 4.92. The molecule has 4 aromatic rings. The second kappa shape index (κ2) is 7.57. The SMILES string of the molecule is O=C1Cc2cnc(-c3cc(Cl)ccc3C3CC3)nc2N1Cc1ccc(-n2cccn2)cc1. The smallest absolute Gasteiger partial charge is 0.233 e. The van der Waals surface area contributed by atoms with Crippen LogP contribution in [0.15, 0.2) is 67.1 Å². The van der Waals surface area contributed by atoms with Crippen molar-refractivity contribution in [3.8, 4) is 17.1 Å². The summed E-state index contributed by atoms with van der Waals surface area (Å²) in [5.41, 5.74) is 5.07. The number of nitrogens with zero attached hydrogens (tertiary/aromatic N) is 5. The highest BCUT2D eigenvalue weighted by Gasteiger charge is 2.31. The van der Waals surface area contributed by atoms with Gasteiger partial charge in [0.1, 0.15) is 5.82 Å². The molecule has 1 saturated carbocycles. The Bertz CT molecular complexity index is 1310. The van der Waals surface area contributed by atoms with Crippen LogP contribution in [-0.2, 0) is 17.8 Å². The summed E-state index contributed by atoms with van der Waals surface area (Å²) in [6, 6.07) is 15.9. The van der Waals surface area contributed by atoms with E-state index in [2.05, 4.69) is 16.1 Å². The first kappa shape index (κ1) is 19.2. The van der Waals surface area contributed by atoms with Crippen molar-refractivity contribution < 1.29 is 4.79 Å². The first-order chi connectivity index (χ1) is 15.7. The van der Waals surface area contributed by atoms with Gasteiger partial charge in [0, 0.05) is 34.7 Å².